The van der Waals surface area contributed by atoms with E-state index in [1.54, 1.807) is 12.1 Å². The van der Waals surface area contributed by atoms with E-state index < -0.39 is 0 Å². The lowest BCUT2D eigenvalue weighted by Crippen LogP contribution is -2.30. The summed E-state index contributed by atoms with van der Waals surface area (Å²) in [6, 6.07) is 31.5. The Balaban J connectivity index is 1.34. The number of benzene rings is 4. The Morgan fingerprint density at radius 3 is 1.15 bits per heavy atom. The lowest BCUT2D eigenvalue weighted by atomic mass is 10.1. The van der Waals surface area contributed by atoms with E-state index in [9.17, 15) is 10.2 Å². The van der Waals surface area contributed by atoms with Gasteiger partial charge in [0.15, 0.2) is 24.8 Å². The Labute approximate surface area is 196 Å². The van der Waals surface area contributed by atoms with Crippen molar-refractivity contribution in [2.75, 3.05) is 0 Å². The molecule has 2 aromatic heterocycles. The molecule has 0 amide bonds. The van der Waals surface area contributed by atoms with Crippen LogP contribution < -0.4 is 9.13 Å². The molecule has 4 nitrogen and oxygen atoms in total. The van der Waals surface area contributed by atoms with Crippen LogP contribution in [0.15, 0.2) is 122 Å². The molecule has 162 valence electrons. The second-order valence-corrected chi connectivity index (χ2v) is 8.29. The molecule has 0 spiro atoms. The highest BCUT2D eigenvalue weighted by Crippen LogP contribution is 2.28. The molecule has 0 saturated heterocycles. The van der Waals surface area contributed by atoms with Crippen molar-refractivity contribution in [3.05, 3.63) is 122 Å². The quantitative estimate of drug-likeness (QED) is 0.349. The van der Waals surface area contributed by atoms with Gasteiger partial charge < -0.3 is 10.2 Å². The number of aromatic hydroxyl groups is 2. The predicted molar refractivity (Wildman–Crippen MR) is 133 cm³/mol. The second-order valence-electron chi connectivity index (χ2n) is 8.29. The first kappa shape index (κ1) is 19.9. The van der Waals surface area contributed by atoms with Crippen LogP contribution in [0.3, 0.4) is 0 Å². The fraction of sp³-hybridized carbons (Fsp3) is 0. The molecule has 2 N–H and O–H groups in total. The largest absolute Gasteiger partial charge is 0.507 e. The number of rotatable bonds is 3. The Morgan fingerprint density at radius 2 is 0.735 bits per heavy atom. The van der Waals surface area contributed by atoms with Crippen molar-refractivity contribution in [2.45, 2.75) is 0 Å². The smallest absolute Gasteiger partial charge is 0.218 e. The number of hydrogen-bond donors (Lipinski definition) is 2. The number of aromatic nitrogens is 2. The molecule has 6 aromatic rings. The van der Waals surface area contributed by atoms with Crippen LogP contribution in [0.5, 0.6) is 11.5 Å². The minimum absolute atomic E-state index is 0.288. The van der Waals surface area contributed by atoms with Crippen LogP contribution >= 0.6 is 0 Å². The van der Waals surface area contributed by atoms with E-state index in [4.69, 9.17) is 0 Å². The minimum Gasteiger partial charge on any atom is -0.507 e. The third kappa shape index (κ3) is 3.33. The van der Waals surface area contributed by atoms with E-state index in [2.05, 4.69) is 45.5 Å². The standard InChI is InChI=1S/C30H20N2O2/c33-29-11-3-5-23-25(29)7-1-9-27(23)31-17-13-21(14-18-31)22-15-19-32(20-16-22)28-10-2-8-26-24(28)6-4-12-30(26)34/h1-20H/p+2. The van der Waals surface area contributed by atoms with Crippen LogP contribution in [0.1, 0.15) is 0 Å². The normalized spacial score (nSPS) is 11.2. The van der Waals surface area contributed by atoms with Crippen LogP contribution in [0.4, 0.5) is 0 Å². The average molecular weight is 443 g/mol. The molecule has 0 aliphatic heterocycles. The summed E-state index contributed by atoms with van der Waals surface area (Å²) in [5, 5.41) is 24.1. The van der Waals surface area contributed by atoms with Crippen LogP contribution in [0.25, 0.3) is 44.0 Å². The Kier molecular flexibility index (Phi) is 4.70. The maximum Gasteiger partial charge on any atom is 0.218 e. The monoisotopic (exact) mass is 442 g/mol. The molecule has 6 rings (SSSR count). The fourth-order valence-corrected chi connectivity index (χ4v) is 4.56. The molecule has 0 fully saturated rings. The lowest BCUT2D eigenvalue weighted by molar-refractivity contribution is -0.594. The maximum absolute atomic E-state index is 10.2. The molecular weight excluding hydrogens is 420 g/mol. The van der Waals surface area contributed by atoms with Gasteiger partial charge >= 0.3 is 0 Å². The molecule has 0 atom stereocenters. The third-order valence-corrected chi connectivity index (χ3v) is 6.30. The van der Waals surface area contributed by atoms with E-state index in [0.29, 0.717) is 0 Å². The molecule has 0 bridgehead atoms. The van der Waals surface area contributed by atoms with Gasteiger partial charge in [-0.25, -0.2) is 0 Å². The molecule has 34 heavy (non-hydrogen) atoms. The van der Waals surface area contributed by atoms with Crippen molar-refractivity contribution in [1.29, 1.82) is 0 Å². The van der Waals surface area contributed by atoms with Crippen LogP contribution in [-0.4, -0.2) is 10.2 Å². The Hall–Kier alpha value is -4.70. The number of nitrogens with zero attached hydrogens (tertiary/aromatic N) is 2. The highest BCUT2D eigenvalue weighted by Gasteiger charge is 2.15. The first-order valence-electron chi connectivity index (χ1n) is 11.1. The van der Waals surface area contributed by atoms with Crippen molar-refractivity contribution >= 4 is 21.5 Å². The summed E-state index contributed by atoms with van der Waals surface area (Å²) in [6.07, 6.45) is 8.18. The van der Waals surface area contributed by atoms with Gasteiger partial charge in [-0.2, -0.15) is 9.13 Å². The summed E-state index contributed by atoms with van der Waals surface area (Å²) in [7, 11) is 0. The summed E-state index contributed by atoms with van der Waals surface area (Å²) in [5.41, 5.74) is 4.26. The van der Waals surface area contributed by atoms with Gasteiger partial charge in [0.25, 0.3) is 0 Å². The van der Waals surface area contributed by atoms with Crippen molar-refractivity contribution in [3.8, 4) is 34.0 Å². The van der Waals surface area contributed by atoms with Gasteiger partial charge in [0.1, 0.15) is 11.5 Å². The average Bonchev–Trinajstić information content (AvgIpc) is 2.89. The number of phenolic OH excluding ortho intramolecular Hbond substituents is 2. The summed E-state index contributed by atoms with van der Waals surface area (Å²) in [4.78, 5) is 0. The molecule has 0 saturated carbocycles. The van der Waals surface area contributed by atoms with Gasteiger partial charge in [0.05, 0.1) is 10.8 Å². The zero-order valence-electron chi connectivity index (χ0n) is 18.3. The predicted octanol–water partition coefficient (Wildman–Crippen LogP) is 5.62. The first-order valence-corrected chi connectivity index (χ1v) is 11.1. The summed E-state index contributed by atoms with van der Waals surface area (Å²) in [6.45, 7) is 0. The van der Waals surface area contributed by atoms with Gasteiger partial charge in [-0.1, -0.05) is 36.4 Å². The molecule has 4 aromatic carbocycles. The van der Waals surface area contributed by atoms with Gasteiger partial charge in [0.2, 0.25) is 11.4 Å². The molecule has 0 radical (unpaired) electrons. The number of fused-ring (bicyclic) bond motifs is 2. The molecule has 0 aliphatic rings. The first-order chi connectivity index (χ1) is 16.7. The van der Waals surface area contributed by atoms with E-state index in [0.717, 1.165) is 44.0 Å². The summed E-state index contributed by atoms with van der Waals surface area (Å²) in [5.74, 6) is 0.575. The van der Waals surface area contributed by atoms with Crippen molar-refractivity contribution in [2.24, 2.45) is 0 Å². The highest BCUT2D eigenvalue weighted by molar-refractivity contribution is 5.93. The second kappa shape index (κ2) is 8.01. The lowest BCUT2D eigenvalue weighted by Gasteiger charge is -2.05. The van der Waals surface area contributed by atoms with E-state index in [1.165, 1.54) is 0 Å². The van der Waals surface area contributed by atoms with Crippen LogP contribution in [0.2, 0.25) is 0 Å². The molecule has 2 heterocycles. The highest BCUT2D eigenvalue weighted by atomic mass is 16.3. The van der Waals surface area contributed by atoms with Gasteiger partial charge in [-0.3, -0.25) is 0 Å². The summed E-state index contributed by atoms with van der Waals surface area (Å²) >= 11 is 0. The summed E-state index contributed by atoms with van der Waals surface area (Å²) < 4.78 is 4.13. The molecule has 0 aliphatic carbocycles. The van der Waals surface area contributed by atoms with Crippen molar-refractivity contribution in [3.63, 3.8) is 0 Å². The fourth-order valence-electron chi connectivity index (χ4n) is 4.56. The number of pyridine rings is 2. The zero-order chi connectivity index (χ0) is 23.1. The van der Waals surface area contributed by atoms with E-state index in [1.807, 2.05) is 73.3 Å². The topological polar surface area (TPSA) is 48.2 Å². The maximum atomic E-state index is 10.2. The van der Waals surface area contributed by atoms with Gasteiger partial charge in [0, 0.05) is 47.2 Å². The van der Waals surface area contributed by atoms with E-state index >= 15 is 0 Å². The van der Waals surface area contributed by atoms with Crippen molar-refractivity contribution < 1.29 is 19.3 Å². The minimum atomic E-state index is 0.288. The van der Waals surface area contributed by atoms with Crippen molar-refractivity contribution in [1.82, 2.24) is 0 Å². The zero-order valence-corrected chi connectivity index (χ0v) is 18.3. The number of phenols is 2. The van der Waals surface area contributed by atoms with Crippen LogP contribution in [0, 0.1) is 0 Å². The van der Waals surface area contributed by atoms with Crippen LogP contribution in [-0.2, 0) is 0 Å². The Bertz CT molecular complexity index is 1530. The van der Waals surface area contributed by atoms with Gasteiger partial charge in [-0.15, -0.1) is 0 Å². The molecular formula is C30H22N2O2+2. The number of hydrogen-bond acceptors (Lipinski definition) is 2. The molecule has 0 unspecified atom stereocenters. The SMILES string of the molecule is Oc1cccc2c(-[n+]3ccc(-c4cc[n+](-c5cccc6c(O)cccc56)cc4)cc3)cccc12. The van der Waals surface area contributed by atoms with Gasteiger partial charge in [-0.05, 0) is 35.4 Å². The molecule has 4 heteroatoms. The third-order valence-electron chi connectivity index (χ3n) is 6.30. The van der Waals surface area contributed by atoms with E-state index in [-0.39, 0.29) is 11.5 Å². The Morgan fingerprint density at radius 1 is 0.382 bits per heavy atom.